The Morgan fingerprint density at radius 2 is 1.81 bits per heavy atom. The van der Waals surface area contributed by atoms with Crippen molar-refractivity contribution in [2.45, 2.75) is 26.3 Å². The van der Waals surface area contributed by atoms with Crippen LogP contribution in [0.15, 0.2) is 67.0 Å². The minimum absolute atomic E-state index is 0.0235. The van der Waals surface area contributed by atoms with Gasteiger partial charge in [0.05, 0.1) is 0 Å². The summed E-state index contributed by atoms with van der Waals surface area (Å²) in [5.41, 5.74) is 5.14. The monoisotopic (exact) mass is 415 g/mol. The van der Waals surface area contributed by atoms with Crippen molar-refractivity contribution < 1.29 is 9.53 Å². The van der Waals surface area contributed by atoms with Crippen molar-refractivity contribution in [2.24, 2.45) is 0 Å². The predicted molar refractivity (Wildman–Crippen MR) is 123 cm³/mol. The van der Waals surface area contributed by atoms with E-state index in [0.717, 1.165) is 41.1 Å². The fourth-order valence-corrected chi connectivity index (χ4v) is 3.94. The van der Waals surface area contributed by atoms with E-state index in [1.807, 2.05) is 30.3 Å². The first-order valence-electron chi connectivity index (χ1n) is 10.9. The van der Waals surface area contributed by atoms with E-state index in [0.29, 0.717) is 31.2 Å². The molecule has 1 N–H and O–H groups in total. The largest absolute Gasteiger partial charge is 0.492 e. The molecule has 0 spiro atoms. The van der Waals surface area contributed by atoms with Gasteiger partial charge in [-0.2, -0.15) is 0 Å². The van der Waals surface area contributed by atoms with Crippen molar-refractivity contribution in [3.05, 3.63) is 83.7 Å². The number of carbonyl (C=O) groups excluding carboxylic acids is 1. The van der Waals surface area contributed by atoms with Crippen molar-refractivity contribution in [1.29, 1.82) is 0 Å². The van der Waals surface area contributed by atoms with E-state index in [4.69, 9.17) is 4.74 Å². The minimum atomic E-state index is -0.0235. The van der Waals surface area contributed by atoms with Crippen molar-refractivity contribution in [1.82, 2.24) is 15.2 Å². The average molecular weight is 416 g/mol. The van der Waals surface area contributed by atoms with Gasteiger partial charge in [-0.25, -0.2) is 0 Å². The molecule has 0 unspecified atom stereocenters. The Labute approximate surface area is 184 Å². The Bertz CT molecular complexity index is 1030. The minimum Gasteiger partial charge on any atom is -0.492 e. The number of nitrogens with one attached hydrogen (secondary N) is 1. The second-order valence-corrected chi connectivity index (χ2v) is 8.17. The highest BCUT2D eigenvalue weighted by Gasteiger charge is 2.14. The van der Waals surface area contributed by atoms with Gasteiger partial charge in [0.15, 0.2) is 0 Å². The average Bonchev–Trinajstić information content (AvgIpc) is 2.79. The Balaban J connectivity index is 1.70. The number of hydrogen-bond donors (Lipinski definition) is 1. The highest BCUT2D eigenvalue weighted by Crippen LogP contribution is 2.29. The first kappa shape index (κ1) is 21.1. The molecule has 0 saturated heterocycles. The van der Waals surface area contributed by atoms with Gasteiger partial charge in [-0.15, -0.1) is 0 Å². The van der Waals surface area contributed by atoms with Gasteiger partial charge >= 0.3 is 0 Å². The zero-order chi connectivity index (χ0) is 21.6. The molecule has 0 saturated carbocycles. The SMILES string of the molecule is CC(C)N1CCNC(=O)c2cccc(c2)Cc2cc(-c3ccncc3)ccc2OCC1. The lowest BCUT2D eigenvalue weighted by atomic mass is 9.97. The third-order valence-electron chi connectivity index (χ3n) is 5.71. The van der Waals surface area contributed by atoms with Crippen molar-refractivity contribution >= 4 is 5.91 Å². The molecule has 2 bridgehead atoms. The fraction of sp³-hybridized carbons (Fsp3) is 0.308. The van der Waals surface area contributed by atoms with Crippen LogP contribution in [0.5, 0.6) is 5.75 Å². The number of ether oxygens (including phenoxy) is 1. The number of benzene rings is 2. The van der Waals surface area contributed by atoms with E-state index >= 15 is 0 Å². The molecule has 0 radical (unpaired) electrons. The lowest BCUT2D eigenvalue weighted by Crippen LogP contribution is -2.40. The summed E-state index contributed by atoms with van der Waals surface area (Å²) in [6, 6.07) is 18.6. The molecular weight excluding hydrogens is 386 g/mol. The van der Waals surface area contributed by atoms with Crippen LogP contribution in [-0.4, -0.2) is 48.1 Å². The molecule has 3 aromatic rings. The number of nitrogens with zero attached hydrogens (tertiary/aromatic N) is 2. The van der Waals surface area contributed by atoms with Gasteiger partial charge in [-0.3, -0.25) is 14.7 Å². The number of rotatable bonds is 2. The first-order valence-corrected chi connectivity index (χ1v) is 10.9. The summed E-state index contributed by atoms with van der Waals surface area (Å²) in [4.78, 5) is 19.1. The van der Waals surface area contributed by atoms with E-state index in [-0.39, 0.29) is 5.91 Å². The molecule has 2 heterocycles. The molecule has 0 atom stereocenters. The Kier molecular flexibility index (Phi) is 6.63. The smallest absolute Gasteiger partial charge is 0.251 e. The Morgan fingerprint density at radius 3 is 2.61 bits per heavy atom. The fourth-order valence-electron chi connectivity index (χ4n) is 3.94. The van der Waals surface area contributed by atoms with Crippen LogP contribution >= 0.6 is 0 Å². The van der Waals surface area contributed by atoms with Gasteiger partial charge in [-0.1, -0.05) is 18.2 Å². The molecule has 1 aliphatic heterocycles. The van der Waals surface area contributed by atoms with Crippen molar-refractivity contribution in [3.63, 3.8) is 0 Å². The number of fused-ring (bicyclic) bond motifs is 3. The second-order valence-electron chi connectivity index (χ2n) is 8.17. The molecule has 0 fully saturated rings. The zero-order valence-electron chi connectivity index (χ0n) is 18.2. The zero-order valence-corrected chi connectivity index (χ0v) is 18.2. The molecule has 5 nitrogen and oxygen atoms in total. The Hall–Kier alpha value is -3.18. The molecule has 5 heteroatoms. The highest BCUT2D eigenvalue weighted by atomic mass is 16.5. The summed E-state index contributed by atoms with van der Waals surface area (Å²) >= 11 is 0. The summed E-state index contributed by atoms with van der Waals surface area (Å²) in [5.74, 6) is 0.873. The van der Waals surface area contributed by atoms with Crippen LogP contribution in [-0.2, 0) is 6.42 Å². The molecule has 4 rings (SSSR count). The summed E-state index contributed by atoms with van der Waals surface area (Å²) in [7, 11) is 0. The maximum atomic E-state index is 12.6. The van der Waals surface area contributed by atoms with E-state index in [1.54, 1.807) is 12.4 Å². The standard InChI is InChI=1S/C26H29N3O2/c1-19(2)29-13-12-28-26(30)23-5-3-4-20(16-23)17-24-18-22(21-8-10-27-11-9-21)6-7-25(24)31-15-14-29/h3-11,16,18-19H,12-15,17H2,1-2H3,(H,28,30). The highest BCUT2D eigenvalue weighted by molar-refractivity contribution is 5.94. The van der Waals surface area contributed by atoms with Gasteiger partial charge in [-0.05, 0) is 72.5 Å². The van der Waals surface area contributed by atoms with Gasteiger partial charge in [0, 0.05) is 50.1 Å². The number of carbonyl (C=O) groups is 1. The van der Waals surface area contributed by atoms with E-state index in [1.165, 1.54) is 0 Å². The maximum Gasteiger partial charge on any atom is 0.251 e. The molecule has 1 aromatic heterocycles. The van der Waals surface area contributed by atoms with Gasteiger partial charge in [0.2, 0.25) is 0 Å². The van der Waals surface area contributed by atoms with Crippen LogP contribution in [0.25, 0.3) is 11.1 Å². The molecular formula is C26H29N3O2. The summed E-state index contributed by atoms with van der Waals surface area (Å²) < 4.78 is 6.26. The summed E-state index contributed by atoms with van der Waals surface area (Å²) in [5, 5.41) is 3.05. The molecule has 160 valence electrons. The third kappa shape index (κ3) is 5.30. The lowest BCUT2D eigenvalue weighted by molar-refractivity contribution is 0.0942. The molecule has 1 aliphatic rings. The molecule has 1 amide bonds. The number of aromatic nitrogens is 1. The van der Waals surface area contributed by atoms with Crippen molar-refractivity contribution in [3.8, 4) is 16.9 Å². The van der Waals surface area contributed by atoms with Crippen LogP contribution in [0.4, 0.5) is 0 Å². The van der Waals surface area contributed by atoms with E-state index < -0.39 is 0 Å². The van der Waals surface area contributed by atoms with E-state index in [2.05, 4.69) is 53.3 Å². The number of pyridine rings is 1. The van der Waals surface area contributed by atoms with Crippen LogP contribution in [0.2, 0.25) is 0 Å². The number of hydrogen-bond acceptors (Lipinski definition) is 4. The summed E-state index contributed by atoms with van der Waals surface area (Å²) in [6.07, 6.45) is 4.31. The lowest BCUT2D eigenvalue weighted by Gasteiger charge is -2.27. The van der Waals surface area contributed by atoms with Gasteiger partial charge in [0.25, 0.3) is 5.91 Å². The second kappa shape index (κ2) is 9.75. The van der Waals surface area contributed by atoms with Crippen LogP contribution in [0.1, 0.15) is 35.3 Å². The molecule has 2 aromatic carbocycles. The number of amides is 1. The van der Waals surface area contributed by atoms with Crippen LogP contribution < -0.4 is 10.1 Å². The molecule has 31 heavy (non-hydrogen) atoms. The van der Waals surface area contributed by atoms with E-state index in [9.17, 15) is 4.79 Å². The Morgan fingerprint density at radius 1 is 0.968 bits per heavy atom. The third-order valence-corrected chi connectivity index (χ3v) is 5.71. The van der Waals surface area contributed by atoms with Gasteiger partial charge < -0.3 is 10.1 Å². The van der Waals surface area contributed by atoms with Gasteiger partial charge in [0.1, 0.15) is 12.4 Å². The normalized spacial score (nSPS) is 15.5. The van der Waals surface area contributed by atoms with Crippen LogP contribution in [0, 0.1) is 0 Å². The van der Waals surface area contributed by atoms with Crippen LogP contribution in [0.3, 0.4) is 0 Å². The quantitative estimate of drug-likeness (QED) is 0.683. The maximum absolute atomic E-state index is 12.6. The predicted octanol–water partition coefficient (Wildman–Crippen LogP) is 4.17. The summed E-state index contributed by atoms with van der Waals surface area (Å²) in [6.45, 7) is 7.16. The topological polar surface area (TPSA) is 54.5 Å². The first-order chi connectivity index (χ1) is 15.1. The van der Waals surface area contributed by atoms with Crippen molar-refractivity contribution in [2.75, 3.05) is 26.2 Å². The molecule has 0 aliphatic carbocycles.